The number of rotatable bonds is 6. The van der Waals surface area contributed by atoms with Crippen LogP contribution in [0.25, 0.3) is 0 Å². The minimum Gasteiger partial charge on any atom is -0.508 e. The second kappa shape index (κ2) is 6.90. The molecule has 0 radical (unpaired) electrons. The molecule has 0 aliphatic rings. The lowest BCUT2D eigenvalue weighted by atomic mass is 10.1. The molecule has 6 heteroatoms. The van der Waals surface area contributed by atoms with Crippen molar-refractivity contribution in [3.63, 3.8) is 0 Å². The van der Waals surface area contributed by atoms with Crippen LogP contribution in [0.5, 0.6) is 11.5 Å². The molecule has 0 unspecified atom stereocenters. The van der Waals surface area contributed by atoms with Crippen molar-refractivity contribution in [1.29, 1.82) is 0 Å². The summed E-state index contributed by atoms with van der Waals surface area (Å²) in [6, 6.07) is 3.83. The quantitative estimate of drug-likeness (QED) is 0.464. The third-order valence-corrected chi connectivity index (χ3v) is 3.15. The number of methoxy groups -OCH3 is 1. The van der Waals surface area contributed by atoms with E-state index in [1.54, 1.807) is 0 Å². The van der Waals surface area contributed by atoms with Gasteiger partial charge in [0, 0.05) is 11.8 Å². The van der Waals surface area contributed by atoms with Gasteiger partial charge in [-0.05, 0) is 12.1 Å². The van der Waals surface area contributed by atoms with Gasteiger partial charge in [0.2, 0.25) is 0 Å². The molecule has 0 saturated heterocycles. The Morgan fingerprint density at radius 3 is 2.67 bits per heavy atom. The Hall–Kier alpha value is -1.69. The number of benzene rings is 1. The summed E-state index contributed by atoms with van der Waals surface area (Å²) in [6.07, 6.45) is 0.246. The zero-order valence-corrected chi connectivity index (χ0v) is 10.7. The highest BCUT2D eigenvalue weighted by atomic mass is 32.2. The summed E-state index contributed by atoms with van der Waals surface area (Å²) in [6.45, 7) is 0. The summed E-state index contributed by atoms with van der Waals surface area (Å²) in [5, 5.41) is 18.6. The zero-order valence-electron chi connectivity index (χ0n) is 9.88. The Bertz CT molecular complexity index is 444. The maximum absolute atomic E-state index is 11.7. The first-order valence-corrected chi connectivity index (χ1v) is 6.40. The number of hydrogen-bond acceptors (Lipinski definition) is 6. The fourth-order valence-corrected chi connectivity index (χ4v) is 2.05. The van der Waals surface area contributed by atoms with Crippen molar-refractivity contribution in [2.24, 2.45) is 0 Å². The van der Waals surface area contributed by atoms with Crippen LogP contribution < -0.4 is 0 Å². The molecule has 2 N–H and O–H groups in total. The molecular formula is C12H14O5S. The molecule has 5 nitrogen and oxygen atoms in total. The van der Waals surface area contributed by atoms with Crippen LogP contribution >= 0.6 is 11.8 Å². The van der Waals surface area contributed by atoms with Gasteiger partial charge in [0.1, 0.15) is 11.5 Å². The van der Waals surface area contributed by atoms with E-state index in [9.17, 15) is 14.7 Å². The standard InChI is InChI=1S/C12H14O5S/c1-17-12(16)4-5-18-7-11(15)9-3-2-8(13)6-10(9)14/h2-3,6,13-14H,4-5,7H2,1H3. The molecule has 0 atom stereocenters. The van der Waals surface area contributed by atoms with E-state index >= 15 is 0 Å². The van der Waals surface area contributed by atoms with Crippen LogP contribution in [-0.2, 0) is 9.53 Å². The lowest BCUT2D eigenvalue weighted by Gasteiger charge is -2.04. The van der Waals surface area contributed by atoms with Gasteiger partial charge < -0.3 is 14.9 Å². The number of hydrogen-bond donors (Lipinski definition) is 2. The number of ketones is 1. The molecule has 18 heavy (non-hydrogen) atoms. The fraction of sp³-hybridized carbons (Fsp3) is 0.333. The molecule has 0 aliphatic carbocycles. The molecule has 0 fully saturated rings. The first-order valence-electron chi connectivity index (χ1n) is 5.24. The summed E-state index contributed by atoms with van der Waals surface area (Å²) in [7, 11) is 1.31. The Labute approximate surface area is 109 Å². The molecule has 1 aromatic rings. The van der Waals surface area contributed by atoms with E-state index in [4.69, 9.17) is 5.11 Å². The van der Waals surface area contributed by atoms with Crippen molar-refractivity contribution < 1.29 is 24.5 Å². The predicted octanol–water partition coefficient (Wildman–Crippen LogP) is 1.58. The first kappa shape index (κ1) is 14.4. The smallest absolute Gasteiger partial charge is 0.306 e. The third kappa shape index (κ3) is 4.29. The third-order valence-electron chi connectivity index (χ3n) is 2.19. The van der Waals surface area contributed by atoms with E-state index < -0.39 is 0 Å². The van der Waals surface area contributed by atoms with Gasteiger partial charge in [0.25, 0.3) is 0 Å². The summed E-state index contributed by atoms with van der Waals surface area (Å²) < 4.78 is 4.47. The molecule has 0 amide bonds. The van der Waals surface area contributed by atoms with Crippen LogP contribution in [-0.4, -0.2) is 40.6 Å². The van der Waals surface area contributed by atoms with Crippen LogP contribution in [0.3, 0.4) is 0 Å². The topological polar surface area (TPSA) is 83.8 Å². The molecule has 0 bridgehead atoms. The minimum atomic E-state index is -0.317. The number of ether oxygens (including phenoxy) is 1. The fourth-order valence-electron chi connectivity index (χ4n) is 1.26. The Morgan fingerprint density at radius 2 is 2.06 bits per heavy atom. The van der Waals surface area contributed by atoms with Crippen LogP contribution in [0.1, 0.15) is 16.8 Å². The number of phenols is 2. The molecule has 98 valence electrons. The average Bonchev–Trinajstić information content (AvgIpc) is 2.34. The number of aromatic hydroxyl groups is 2. The molecular weight excluding hydrogens is 256 g/mol. The number of thioether (sulfide) groups is 1. The van der Waals surface area contributed by atoms with Crippen molar-refractivity contribution in [3.05, 3.63) is 23.8 Å². The van der Waals surface area contributed by atoms with E-state index in [0.29, 0.717) is 5.75 Å². The van der Waals surface area contributed by atoms with E-state index in [1.807, 2.05) is 0 Å². The van der Waals surface area contributed by atoms with Gasteiger partial charge in [0.05, 0.1) is 24.8 Å². The van der Waals surface area contributed by atoms with Crippen LogP contribution in [0.15, 0.2) is 18.2 Å². The van der Waals surface area contributed by atoms with Crippen molar-refractivity contribution in [1.82, 2.24) is 0 Å². The van der Waals surface area contributed by atoms with E-state index in [2.05, 4.69) is 4.74 Å². The van der Waals surface area contributed by atoms with Gasteiger partial charge in [-0.3, -0.25) is 9.59 Å². The van der Waals surface area contributed by atoms with E-state index in [0.717, 1.165) is 6.07 Å². The Kier molecular flexibility index (Phi) is 5.51. The lowest BCUT2D eigenvalue weighted by Crippen LogP contribution is -2.06. The van der Waals surface area contributed by atoms with E-state index in [1.165, 1.54) is 31.0 Å². The maximum atomic E-state index is 11.7. The molecule has 0 aliphatic heterocycles. The zero-order chi connectivity index (χ0) is 13.5. The summed E-state index contributed by atoms with van der Waals surface area (Å²) in [4.78, 5) is 22.5. The summed E-state index contributed by atoms with van der Waals surface area (Å²) >= 11 is 1.29. The molecule has 0 heterocycles. The van der Waals surface area contributed by atoms with Gasteiger partial charge in [-0.2, -0.15) is 11.8 Å². The number of carbonyl (C=O) groups is 2. The van der Waals surface area contributed by atoms with Gasteiger partial charge >= 0.3 is 5.97 Å². The number of phenolic OH excluding ortho intramolecular Hbond substituents is 2. The lowest BCUT2D eigenvalue weighted by molar-refractivity contribution is -0.140. The number of carbonyl (C=O) groups excluding carboxylic acids is 2. The highest BCUT2D eigenvalue weighted by Crippen LogP contribution is 2.23. The molecule has 0 aromatic heterocycles. The van der Waals surface area contributed by atoms with Gasteiger partial charge in [0.15, 0.2) is 5.78 Å². The summed E-state index contributed by atoms with van der Waals surface area (Å²) in [5.74, 6) is -0.257. The number of esters is 1. The Balaban J connectivity index is 2.43. The van der Waals surface area contributed by atoms with Crippen LogP contribution in [0.2, 0.25) is 0 Å². The largest absolute Gasteiger partial charge is 0.508 e. The molecule has 1 rings (SSSR count). The van der Waals surface area contributed by atoms with Crippen molar-refractivity contribution in [2.75, 3.05) is 18.6 Å². The van der Waals surface area contributed by atoms with Gasteiger partial charge in [-0.1, -0.05) is 0 Å². The minimum absolute atomic E-state index is 0.0950. The first-order chi connectivity index (χ1) is 8.54. The Morgan fingerprint density at radius 1 is 1.33 bits per heavy atom. The van der Waals surface area contributed by atoms with E-state index in [-0.39, 0.29) is 41.0 Å². The monoisotopic (exact) mass is 270 g/mol. The normalized spacial score (nSPS) is 10.1. The average molecular weight is 270 g/mol. The number of Topliss-reactive ketones (excluding diaryl/α,β-unsaturated/α-hetero) is 1. The highest BCUT2D eigenvalue weighted by Gasteiger charge is 2.12. The van der Waals surface area contributed by atoms with Gasteiger partial charge in [-0.25, -0.2) is 0 Å². The van der Waals surface area contributed by atoms with Crippen molar-refractivity contribution in [3.8, 4) is 11.5 Å². The second-order valence-corrected chi connectivity index (χ2v) is 4.61. The van der Waals surface area contributed by atoms with Crippen LogP contribution in [0, 0.1) is 0 Å². The van der Waals surface area contributed by atoms with Gasteiger partial charge in [-0.15, -0.1) is 0 Å². The van der Waals surface area contributed by atoms with Crippen LogP contribution in [0.4, 0.5) is 0 Å². The SMILES string of the molecule is COC(=O)CCSCC(=O)c1ccc(O)cc1O. The summed E-state index contributed by atoms with van der Waals surface area (Å²) in [5.41, 5.74) is 0.165. The second-order valence-electron chi connectivity index (χ2n) is 3.50. The van der Waals surface area contributed by atoms with Crippen molar-refractivity contribution in [2.45, 2.75) is 6.42 Å². The predicted molar refractivity (Wildman–Crippen MR) is 68.1 cm³/mol. The molecule has 1 aromatic carbocycles. The molecule has 0 spiro atoms. The maximum Gasteiger partial charge on any atom is 0.306 e. The highest BCUT2D eigenvalue weighted by molar-refractivity contribution is 8.00. The molecule has 0 saturated carbocycles. The van der Waals surface area contributed by atoms with Crippen molar-refractivity contribution >= 4 is 23.5 Å².